The van der Waals surface area contributed by atoms with Crippen molar-refractivity contribution in [2.75, 3.05) is 27.4 Å². The molecule has 0 heterocycles. The van der Waals surface area contributed by atoms with E-state index in [1.165, 1.54) is 6.08 Å². The van der Waals surface area contributed by atoms with E-state index >= 15 is 0 Å². The lowest BCUT2D eigenvalue weighted by Crippen LogP contribution is -2.10. The van der Waals surface area contributed by atoms with E-state index in [0.717, 1.165) is 5.56 Å². The first-order valence-electron chi connectivity index (χ1n) is 7.57. The second kappa shape index (κ2) is 9.59. The van der Waals surface area contributed by atoms with E-state index in [1.54, 1.807) is 62.8 Å². The van der Waals surface area contributed by atoms with E-state index in [0.29, 0.717) is 22.3 Å². The maximum atomic E-state index is 11.8. The Hall–Kier alpha value is -2.66. The standard InChI is InChI=1S/C19H19ClO5/c1-22-17-8-9-18(23-2)14(13-17)3-10-19(21)25-12-11-24-16-6-4-15(20)5-7-16/h3-10,13H,11-12H2,1-2H3/b10-3+. The van der Waals surface area contributed by atoms with Crippen molar-refractivity contribution in [1.82, 2.24) is 0 Å². The zero-order chi connectivity index (χ0) is 18.1. The van der Waals surface area contributed by atoms with Crippen LogP contribution in [0.5, 0.6) is 17.2 Å². The third-order valence-electron chi connectivity index (χ3n) is 3.25. The molecule has 0 radical (unpaired) electrons. The number of hydrogen-bond acceptors (Lipinski definition) is 5. The molecule has 2 aromatic carbocycles. The van der Waals surface area contributed by atoms with Gasteiger partial charge in [-0.25, -0.2) is 4.79 Å². The number of ether oxygens (including phenoxy) is 4. The molecule has 0 N–H and O–H groups in total. The third kappa shape index (κ3) is 6.04. The molecule has 0 saturated heterocycles. The van der Waals surface area contributed by atoms with Crippen molar-refractivity contribution < 1.29 is 23.7 Å². The SMILES string of the molecule is COc1ccc(OC)c(/C=C/C(=O)OCCOc2ccc(Cl)cc2)c1. The van der Waals surface area contributed by atoms with Crippen LogP contribution in [0, 0.1) is 0 Å². The highest BCUT2D eigenvalue weighted by atomic mass is 35.5. The normalized spacial score (nSPS) is 10.5. The average Bonchev–Trinajstić information content (AvgIpc) is 2.64. The summed E-state index contributed by atoms with van der Waals surface area (Å²) in [6.45, 7) is 0.394. The van der Waals surface area contributed by atoms with Crippen molar-refractivity contribution in [2.24, 2.45) is 0 Å². The summed E-state index contributed by atoms with van der Waals surface area (Å²) in [5.74, 6) is 1.50. The number of carbonyl (C=O) groups excluding carboxylic acids is 1. The molecule has 5 nitrogen and oxygen atoms in total. The summed E-state index contributed by atoms with van der Waals surface area (Å²) < 4.78 is 20.9. The van der Waals surface area contributed by atoms with Gasteiger partial charge in [-0.05, 0) is 48.5 Å². The predicted octanol–water partition coefficient (Wildman–Crippen LogP) is 3.99. The average molecular weight is 363 g/mol. The lowest BCUT2D eigenvalue weighted by atomic mass is 10.1. The van der Waals surface area contributed by atoms with Crippen LogP contribution in [-0.2, 0) is 9.53 Å². The highest BCUT2D eigenvalue weighted by Gasteiger charge is 2.04. The zero-order valence-corrected chi connectivity index (χ0v) is 14.8. The molecular formula is C19H19ClO5. The molecule has 0 aromatic heterocycles. The molecule has 0 atom stereocenters. The Morgan fingerprint density at radius 2 is 1.72 bits per heavy atom. The van der Waals surface area contributed by atoms with Crippen LogP contribution >= 0.6 is 11.6 Å². The molecule has 0 fully saturated rings. The molecule has 25 heavy (non-hydrogen) atoms. The topological polar surface area (TPSA) is 54.0 Å². The number of rotatable bonds is 8. The lowest BCUT2D eigenvalue weighted by molar-refractivity contribution is -0.138. The minimum absolute atomic E-state index is 0.140. The van der Waals surface area contributed by atoms with Gasteiger partial charge in [0.05, 0.1) is 14.2 Å². The van der Waals surface area contributed by atoms with Gasteiger partial charge in [0.2, 0.25) is 0 Å². The number of esters is 1. The molecule has 6 heteroatoms. The molecule has 0 aliphatic rings. The summed E-state index contributed by atoms with van der Waals surface area (Å²) in [6.07, 6.45) is 2.95. The van der Waals surface area contributed by atoms with Crippen LogP contribution in [0.25, 0.3) is 6.08 Å². The Kier molecular flexibility index (Phi) is 7.16. The monoisotopic (exact) mass is 362 g/mol. The fraction of sp³-hybridized carbons (Fsp3) is 0.211. The molecule has 0 saturated carbocycles. The molecule has 132 valence electrons. The maximum absolute atomic E-state index is 11.8. The van der Waals surface area contributed by atoms with Gasteiger partial charge in [0.1, 0.15) is 30.5 Å². The van der Waals surface area contributed by atoms with Crippen molar-refractivity contribution in [1.29, 1.82) is 0 Å². The Morgan fingerprint density at radius 3 is 2.40 bits per heavy atom. The highest BCUT2D eigenvalue weighted by molar-refractivity contribution is 6.30. The van der Waals surface area contributed by atoms with Gasteiger partial charge in [-0.2, -0.15) is 0 Å². The van der Waals surface area contributed by atoms with Crippen molar-refractivity contribution >= 4 is 23.6 Å². The number of halogens is 1. The first kappa shape index (κ1) is 18.7. The second-order valence-electron chi connectivity index (χ2n) is 4.91. The quantitative estimate of drug-likeness (QED) is 0.403. The first-order chi connectivity index (χ1) is 12.1. The Bertz CT molecular complexity index is 725. The van der Waals surface area contributed by atoms with Gasteiger partial charge in [-0.3, -0.25) is 0 Å². The van der Waals surface area contributed by atoms with Crippen LogP contribution in [0.15, 0.2) is 48.5 Å². The smallest absolute Gasteiger partial charge is 0.330 e. The number of benzene rings is 2. The molecular weight excluding hydrogens is 344 g/mol. The molecule has 2 aromatic rings. The van der Waals surface area contributed by atoms with Crippen molar-refractivity contribution in [3.05, 3.63) is 59.1 Å². The van der Waals surface area contributed by atoms with E-state index in [-0.39, 0.29) is 13.2 Å². The molecule has 0 bridgehead atoms. The van der Waals surface area contributed by atoms with Crippen LogP contribution < -0.4 is 14.2 Å². The van der Waals surface area contributed by atoms with Crippen LogP contribution in [-0.4, -0.2) is 33.4 Å². The molecule has 0 unspecified atom stereocenters. The molecule has 2 rings (SSSR count). The summed E-state index contributed by atoms with van der Waals surface area (Å²) in [6, 6.07) is 12.3. The number of hydrogen-bond donors (Lipinski definition) is 0. The van der Waals surface area contributed by atoms with Gasteiger partial charge in [0, 0.05) is 16.7 Å². The van der Waals surface area contributed by atoms with Gasteiger partial charge in [-0.1, -0.05) is 11.6 Å². The Morgan fingerprint density at radius 1 is 1.00 bits per heavy atom. The fourth-order valence-corrected chi connectivity index (χ4v) is 2.13. The number of carbonyl (C=O) groups is 1. The minimum atomic E-state index is -0.468. The Labute approximate surface area is 151 Å². The van der Waals surface area contributed by atoms with Crippen molar-refractivity contribution in [3.63, 3.8) is 0 Å². The number of methoxy groups -OCH3 is 2. The van der Waals surface area contributed by atoms with Gasteiger partial charge < -0.3 is 18.9 Å². The van der Waals surface area contributed by atoms with Crippen molar-refractivity contribution in [2.45, 2.75) is 0 Å². The van der Waals surface area contributed by atoms with Gasteiger partial charge in [0.15, 0.2) is 0 Å². The summed E-state index contributed by atoms with van der Waals surface area (Å²) in [4.78, 5) is 11.8. The van der Waals surface area contributed by atoms with Gasteiger partial charge >= 0.3 is 5.97 Å². The molecule has 0 aliphatic carbocycles. The van der Waals surface area contributed by atoms with Gasteiger partial charge in [-0.15, -0.1) is 0 Å². The third-order valence-corrected chi connectivity index (χ3v) is 3.50. The summed E-state index contributed by atoms with van der Waals surface area (Å²) in [5.41, 5.74) is 0.719. The first-order valence-corrected chi connectivity index (χ1v) is 7.95. The van der Waals surface area contributed by atoms with E-state index in [2.05, 4.69) is 0 Å². The zero-order valence-electron chi connectivity index (χ0n) is 14.0. The van der Waals surface area contributed by atoms with Crippen LogP contribution in [0.1, 0.15) is 5.56 Å². The predicted molar refractivity (Wildman–Crippen MR) is 96.5 cm³/mol. The summed E-state index contributed by atoms with van der Waals surface area (Å²) >= 11 is 5.79. The fourth-order valence-electron chi connectivity index (χ4n) is 2.01. The van der Waals surface area contributed by atoms with E-state index < -0.39 is 5.97 Å². The van der Waals surface area contributed by atoms with Crippen molar-refractivity contribution in [3.8, 4) is 17.2 Å². The van der Waals surface area contributed by atoms with Crippen LogP contribution in [0.2, 0.25) is 5.02 Å². The van der Waals surface area contributed by atoms with Crippen LogP contribution in [0.4, 0.5) is 0 Å². The minimum Gasteiger partial charge on any atom is -0.497 e. The maximum Gasteiger partial charge on any atom is 0.330 e. The highest BCUT2D eigenvalue weighted by Crippen LogP contribution is 2.25. The molecule has 0 aliphatic heterocycles. The summed E-state index contributed by atoms with van der Waals surface area (Å²) in [5, 5.41) is 0.636. The summed E-state index contributed by atoms with van der Waals surface area (Å²) in [7, 11) is 3.13. The van der Waals surface area contributed by atoms with E-state index in [1.807, 2.05) is 0 Å². The molecule has 0 spiro atoms. The van der Waals surface area contributed by atoms with Gasteiger partial charge in [0.25, 0.3) is 0 Å². The lowest BCUT2D eigenvalue weighted by Gasteiger charge is -2.07. The van der Waals surface area contributed by atoms with E-state index in [4.69, 9.17) is 30.5 Å². The molecule has 0 amide bonds. The largest absolute Gasteiger partial charge is 0.497 e. The van der Waals surface area contributed by atoms with Crippen LogP contribution in [0.3, 0.4) is 0 Å². The van der Waals surface area contributed by atoms with E-state index in [9.17, 15) is 4.79 Å². The second-order valence-corrected chi connectivity index (χ2v) is 5.35. The Balaban J connectivity index is 1.81.